The predicted octanol–water partition coefficient (Wildman–Crippen LogP) is 4.38. The number of carbonyl (C=O) groups is 1. The van der Waals surface area contributed by atoms with E-state index in [-0.39, 0.29) is 17.6 Å². The molecule has 2 aromatic carbocycles. The standard InChI is InChI=1S/C31H32N6O3/c1-33-29(32)28-26(19-27(37(28)34-2)21-12-16-24(38)17-13-21)20-10-14-22(15-11-20)35-30(39)25-9-6-18-36(31(25)40)23-7-4-3-5-8-23/h3-11,14-15,18-19,21,24,38H,2,12-13,16-17H2,1H3,(H2,32,33)(H,35,39)/t21-,24-. The number of amides is 1. The molecule has 4 N–H and O–H groups in total. The molecule has 0 spiro atoms. The Hall–Kier alpha value is -4.76. The number of nitrogens with two attached hydrogens (primary N) is 1. The van der Waals surface area contributed by atoms with Crippen molar-refractivity contribution in [2.24, 2.45) is 15.8 Å². The van der Waals surface area contributed by atoms with Crippen LogP contribution in [0.5, 0.6) is 0 Å². The Morgan fingerprint density at radius 3 is 2.38 bits per heavy atom. The van der Waals surface area contributed by atoms with Gasteiger partial charge in [-0.05, 0) is 73.7 Å². The van der Waals surface area contributed by atoms with Crippen molar-refractivity contribution in [1.82, 2.24) is 9.24 Å². The van der Waals surface area contributed by atoms with E-state index in [1.807, 2.05) is 42.5 Å². The fourth-order valence-corrected chi connectivity index (χ4v) is 5.30. The van der Waals surface area contributed by atoms with Crippen LogP contribution in [0.2, 0.25) is 0 Å². The second kappa shape index (κ2) is 11.5. The molecule has 2 aromatic heterocycles. The van der Waals surface area contributed by atoms with Crippen molar-refractivity contribution in [2.45, 2.75) is 37.7 Å². The van der Waals surface area contributed by atoms with E-state index < -0.39 is 11.5 Å². The summed E-state index contributed by atoms with van der Waals surface area (Å²) in [6.45, 7) is 3.77. The minimum Gasteiger partial charge on any atom is -0.393 e. The smallest absolute Gasteiger partial charge is 0.267 e. The Morgan fingerprint density at radius 2 is 1.73 bits per heavy atom. The number of rotatable bonds is 7. The van der Waals surface area contributed by atoms with Crippen LogP contribution >= 0.6 is 0 Å². The van der Waals surface area contributed by atoms with Gasteiger partial charge < -0.3 is 16.2 Å². The van der Waals surface area contributed by atoms with Crippen molar-refractivity contribution >= 4 is 24.1 Å². The number of para-hydroxylation sites is 1. The Labute approximate surface area is 232 Å². The Morgan fingerprint density at radius 1 is 1.02 bits per heavy atom. The molecule has 2 heterocycles. The maximum Gasteiger partial charge on any atom is 0.267 e. The lowest BCUT2D eigenvalue weighted by atomic mass is 9.85. The Balaban J connectivity index is 1.43. The normalized spacial score (nSPS) is 17.4. The number of nitrogens with zero attached hydrogens (tertiary/aromatic N) is 4. The first-order valence-corrected chi connectivity index (χ1v) is 13.2. The fourth-order valence-electron chi connectivity index (χ4n) is 5.30. The highest BCUT2D eigenvalue weighted by Gasteiger charge is 2.27. The summed E-state index contributed by atoms with van der Waals surface area (Å²) in [6.07, 6.45) is 4.54. The number of aliphatic hydroxyl groups excluding tert-OH is 1. The molecule has 0 aliphatic heterocycles. The molecule has 0 saturated heterocycles. The molecule has 0 unspecified atom stereocenters. The maximum atomic E-state index is 13.0. The molecule has 9 heteroatoms. The first-order chi connectivity index (χ1) is 19.4. The lowest BCUT2D eigenvalue weighted by Gasteiger charge is -2.25. The number of anilines is 1. The minimum absolute atomic E-state index is 0.0426. The van der Waals surface area contributed by atoms with Crippen LogP contribution in [-0.2, 0) is 0 Å². The number of aromatic nitrogens is 2. The Kier molecular flexibility index (Phi) is 7.75. The second-order valence-electron chi connectivity index (χ2n) is 9.86. The monoisotopic (exact) mass is 536 g/mol. The number of hydrogen-bond donors (Lipinski definition) is 3. The average molecular weight is 537 g/mol. The van der Waals surface area contributed by atoms with Crippen molar-refractivity contribution in [3.63, 3.8) is 0 Å². The van der Waals surface area contributed by atoms with Crippen molar-refractivity contribution in [1.29, 1.82) is 0 Å². The van der Waals surface area contributed by atoms with Crippen LogP contribution in [0.3, 0.4) is 0 Å². The highest BCUT2D eigenvalue weighted by molar-refractivity contribution is 6.05. The molecular formula is C31H32N6O3. The van der Waals surface area contributed by atoms with Gasteiger partial charge >= 0.3 is 0 Å². The summed E-state index contributed by atoms with van der Waals surface area (Å²) in [5.41, 5.74) is 10.5. The third-order valence-electron chi connectivity index (χ3n) is 7.42. The number of amidine groups is 1. The van der Waals surface area contributed by atoms with E-state index in [0.29, 0.717) is 22.9 Å². The SMILES string of the molecule is C=Nn1c(/C(N)=N\C)c(-c2ccc(NC(=O)c3cccn(-c4ccccc4)c3=O)cc2)cc1[C@H]1CC[C@H](O)CC1. The van der Waals surface area contributed by atoms with E-state index in [1.54, 1.807) is 36.1 Å². The molecular weight excluding hydrogens is 504 g/mol. The van der Waals surface area contributed by atoms with E-state index in [2.05, 4.69) is 28.2 Å². The number of aliphatic imine (C=N–C) groups is 1. The van der Waals surface area contributed by atoms with Gasteiger partial charge in [0, 0.05) is 48.5 Å². The van der Waals surface area contributed by atoms with Crippen LogP contribution in [0.15, 0.2) is 93.9 Å². The molecule has 0 atom stereocenters. The summed E-state index contributed by atoms with van der Waals surface area (Å²) in [5, 5.41) is 17.1. The van der Waals surface area contributed by atoms with E-state index in [9.17, 15) is 14.7 Å². The van der Waals surface area contributed by atoms with Gasteiger partial charge in [0.05, 0.1) is 6.10 Å². The van der Waals surface area contributed by atoms with Crippen LogP contribution in [0.25, 0.3) is 16.8 Å². The van der Waals surface area contributed by atoms with E-state index in [0.717, 1.165) is 42.5 Å². The van der Waals surface area contributed by atoms with Gasteiger partial charge in [0.1, 0.15) is 17.1 Å². The van der Waals surface area contributed by atoms with Crippen LogP contribution < -0.4 is 16.6 Å². The van der Waals surface area contributed by atoms with Gasteiger partial charge in [0.25, 0.3) is 11.5 Å². The van der Waals surface area contributed by atoms with Crippen LogP contribution in [0, 0.1) is 0 Å². The quantitative estimate of drug-likeness (QED) is 0.239. The molecule has 204 valence electrons. The fraction of sp³-hybridized carbons (Fsp3) is 0.226. The molecule has 1 aliphatic rings. The first kappa shape index (κ1) is 26.8. The summed E-state index contributed by atoms with van der Waals surface area (Å²) in [4.78, 5) is 30.3. The van der Waals surface area contributed by atoms with Gasteiger partial charge in [-0.3, -0.25) is 19.1 Å². The van der Waals surface area contributed by atoms with Crippen LogP contribution in [0.4, 0.5) is 5.69 Å². The maximum absolute atomic E-state index is 13.0. The second-order valence-corrected chi connectivity index (χ2v) is 9.86. The number of hydrogen-bond acceptors (Lipinski definition) is 5. The zero-order valence-electron chi connectivity index (χ0n) is 22.3. The van der Waals surface area contributed by atoms with Crippen LogP contribution in [-0.4, -0.2) is 46.0 Å². The first-order valence-electron chi connectivity index (χ1n) is 13.2. The highest BCUT2D eigenvalue weighted by atomic mass is 16.3. The summed E-state index contributed by atoms with van der Waals surface area (Å²) in [6, 6.07) is 21.7. The molecule has 1 amide bonds. The summed E-state index contributed by atoms with van der Waals surface area (Å²) < 4.78 is 3.20. The molecule has 5 rings (SSSR count). The summed E-state index contributed by atoms with van der Waals surface area (Å²) in [5.74, 6) is 0.0610. The van der Waals surface area contributed by atoms with Gasteiger partial charge in [-0.25, -0.2) is 4.68 Å². The molecule has 40 heavy (non-hydrogen) atoms. The summed E-state index contributed by atoms with van der Waals surface area (Å²) in [7, 11) is 1.63. The number of nitrogens with one attached hydrogen (secondary N) is 1. The molecule has 0 radical (unpaired) electrons. The minimum atomic E-state index is -0.491. The molecule has 1 fully saturated rings. The molecule has 0 bridgehead atoms. The third-order valence-corrected chi connectivity index (χ3v) is 7.42. The van der Waals surface area contributed by atoms with Crippen molar-refractivity contribution in [2.75, 3.05) is 12.4 Å². The van der Waals surface area contributed by atoms with Gasteiger partial charge in [-0.15, -0.1) is 0 Å². The molecule has 1 aliphatic carbocycles. The van der Waals surface area contributed by atoms with Crippen LogP contribution in [0.1, 0.15) is 53.3 Å². The number of pyridine rings is 1. The van der Waals surface area contributed by atoms with E-state index >= 15 is 0 Å². The van der Waals surface area contributed by atoms with Gasteiger partial charge in [0.2, 0.25) is 0 Å². The molecule has 1 saturated carbocycles. The Bertz CT molecular complexity index is 1610. The zero-order chi connectivity index (χ0) is 28.2. The topological polar surface area (TPSA) is 127 Å². The van der Waals surface area contributed by atoms with Gasteiger partial charge in [-0.2, -0.15) is 5.10 Å². The zero-order valence-corrected chi connectivity index (χ0v) is 22.3. The lowest BCUT2D eigenvalue weighted by molar-refractivity contribution is 0.102. The predicted molar refractivity (Wildman–Crippen MR) is 159 cm³/mol. The van der Waals surface area contributed by atoms with Crippen molar-refractivity contribution < 1.29 is 9.90 Å². The largest absolute Gasteiger partial charge is 0.393 e. The summed E-state index contributed by atoms with van der Waals surface area (Å²) >= 11 is 0. The van der Waals surface area contributed by atoms with Crippen molar-refractivity contribution in [3.05, 3.63) is 106 Å². The number of benzene rings is 2. The average Bonchev–Trinajstić information content (AvgIpc) is 3.37. The molecule has 9 nitrogen and oxygen atoms in total. The molecule has 4 aromatic rings. The number of carbonyl (C=O) groups excluding carboxylic acids is 1. The van der Waals surface area contributed by atoms with Crippen molar-refractivity contribution in [3.8, 4) is 16.8 Å². The van der Waals surface area contributed by atoms with E-state index in [1.165, 1.54) is 10.6 Å². The lowest BCUT2D eigenvalue weighted by Crippen LogP contribution is -2.27. The highest BCUT2D eigenvalue weighted by Crippen LogP contribution is 2.38. The van der Waals surface area contributed by atoms with Gasteiger partial charge in [-0.1, -0.05) is 30.3 Å². The third kappa shape index (κ3) is 5.23. The van der Waals surface area contributed by atoms with Gasteiger partial charge in [0.15, 0.2) is 0 Å². The van der Waals surface area contributed by atoms with E-state index in [4.69, 9.17) is 5.73 Å². The number of aliphatic hydroxyl groups is 1.